The molecule has 1 aliphatic rings. The molecule has 0 bridgehead atoms. The summed E-state index contributed by atoms with van der Waals surface area (Å²) < 4.78 is 10.4. The fraction of sp³-hybridized carbons (Fsp3) is 0.500. The fourth-order valence-corrected chi connectivity index (χ4v) is 1.35. The van der Waals surface area contributed by atoms with Crippen LogP contribution in [0.25, 0.3) is 0 Å². The Labute approximate surface area is 42.6 Å². The first-order valence-electron chi connectivity index (χ1n) is 2.09. The Balaban J connectivity index is 2.62. The molecule has 2 atom stereocenters. The highest BCUT2D eigenvalue weighted by molar-refractivity contribution is 7.46. The Morgan fingerprint density at radius 1 is 1.86 bits per heavy atom. The molecule has 0 amide bonds. The minimum absolute atomic E-state index is 0.552. The van der Waals surface area contributed by atoms with Gasteiger partial charge in [-0.15, -0.1) is 0 Å². The highest BCUT2D eigenvalue weighted by Crippen LogP contribution is 2.31. The Morgan fingerprint density at radius 2 is 2.57 bits per heavy atom. The Kier molecular flexibility index (Phi) is 1.22. The SMILES string of the molecule is O=[P+]1CC=CC1O. The van der Waals surface area contributed by atoms with Crippen molar-refractivity contribution >= 4 is 7.80 Å². The van der Waals surface area contributed by atoms with Gasteiger partial charge < -0.3 is 5.11 Å². The van der Waals surface area contributed by atoms with Gasteiger partial charge >= 0.3 is 7.80 Å². The van der Waals surface area contributed by atoms with Crippen LogP contribution >= 0.6 is 7.80 Å². The van der Waals surface area contributed by atoms with Gasteiger partial charge in [-0.25, -0.2) is 0 Å². The summed E-state index contributed by atoms with van der Waals surface area (Å²) in [5.74, 6) is -0.657. The fourth-order valence-electron chi connectivity index (χ4n) is 0.490. The van der Waals surface area contributed by atoms with E-state index in [9.17, 15) is 4.57 Å². The zero-order valence-corrected chi connectivity index (χ0v) is 4.64. The van der Waals surface area contributed by atoms with Crippen LogP contribution in [-0.4, -0.2) is 17.1 Å². The normalized spacial score (nSPS) is 34.4. The minimum atomic E-state index is -1.33. The van der Waals surface area contributed by atoms with Crippen molar-refractivity contribution in [3.63, 3.8) is 0 Å². The molecule has 0 fully saturated rings. The lowest BCUT2D eigenvalue weighted by molar-refractivity contribution is 0.300. The zero-order chi connectivity index (χ0) is 5.28. The number of aliphatic hydroxyl groups excluding tert-OH is 1. The van der Waals surface area contributed by atoms with Crippen molar-refractivity contribution in [2.24, 2.45) is 0 Å². The first-order chi connectivity index (χ1) is 3.30. The van der Waals surface area contributed by atoms with Crippen LogP contribution in [0.15, 0.2) is 12.2 Å². The van der Waals surface area contributed by atoms with Crippen LogP contribution in [-0.2, 0) is 4.57 Å². The van der Waals surface area contributed by atoms with Crippen LogP contribution < -0.4 is 0 Å². The molecule has 1 aliphatic heterocycles. The number of allylic oxidation sites excluding steroid dienone is 1. The molecule has 1 heterocycles. The number of hydrogen-bond acceptors (Lipinski definition) is 2. The van der Waals surface area contributed by atoms with Crippen LogP contribution in [0.3, 0.4) is 0 Å². The van der Waals surface area contributed by atoms with Gasteiger partial charge in [0.1, 0.15) is 0 Å². The van der Waals surface area contributed by atoms with Gasteiger partial charge in [-0.05, 0) is 12.2 Å². The summed E-state index contributed by atoms with van der Waals surface area (Å²) in [5.41, 5.74) is 0. The van der Waals surface area contributed by atoms with Crippen LogP contribution in [0, 0.1) is 0 Å². The largest absolute Gasteiger partial charge is 0.378 e. The first-order valence-corrected chi connectivity index (χ1v) is 3.60. The molecule has 0 saturated heterocycles. The van der Waals surface area contributed by atoms with E-state index in [2.05, 4.69) is 0 Å². The average Bonchev–Trinajstić information content (AvgIpc) is 1.91. The van der Waals surface area contributed by atoms with Crippen molar-refractivity contribution in [3.8, 4) is 0 Å². The average molecular weight is 117 g/mol. The summed E-state index contributed by atoms with van der Waals surface area (Å²) in [6, 6.07) is 0. The molecule has 2 unspecified atom stereocenters. The topological polar surface area (TPSA) is 37.3 Å². The standard InChI is InChI=1S/C4H6O2P/c5-4-2-1-3-7(4)6/h1-2,4-5H,3H2/q+1. The molecular formula is C4H6O2P+. The molecule has 0 aromatic heterocycles. The van der Waals surface area contributed by atoms with Gasteiger partial charge in [0.25, 0.3) is 5.85 Å². The third kappa shape index (κ3) is 0.872. The van der Waals surface area contributed by atoms with Crippen LogP contribution in [0.1, 0.15) is 0 Å². The maximum atomic E-state index is 10.4. The Hall–Kier alpha value is -0.200. The van der Waals surface area contributed by atoms with E-state index in [-0.39, 0.29) is 0 Å². The molecule has 0 aromatic rings. The second-order valence-corrected chi connectivity index (χ2v) is 3.17. The van der Waals surface area contributed by atoms with Gasteiger partial charge in [0.15, 0.2) is 6.16 Å². The lowest BCUT2D eigenvalue weighted by atomic mass is 10.6. The summed E-state index contributed by atoms with van der Waals surface area (Å²) >= 11 is 0. The summed E-state index contributed by atoms with van der Waals surface area (Å²) in [6.45, 7) is 0. The number of aliphatic hydroxyl groups is 1. The molecule has 38 valence electrons. The third-order valence-electron chi connectivity index (χ3n) is 0.889. The third-order valence-corrected chi connectivity index (χ3v) is 2.22. The summed E-state index contributed by atoms with van der Waals surface area (Å²) in [4.78, 5) is 0. The smallest absolute Gasteiger partial charge is 0.348 e. The number of hydrogen-bond donors (Lipinski definition) is 1. The summed E-state index contributed by atoms with van der Waals surface area (Å²) in [5, 5.41) is 8.63. The van der Waals surface area contributed by atoms with Crippen molar-refractivity contribution in [1.29, 1.82) is 0 Å². The quantitative estimate of drug-likeness (QED) is 0.374. The first kappa shape index (κ1) is 4.95. The minimum Gasteiger partial charge on any atom is -0.348 e. The van der Waals surface area contributed by atoms with Crippen molar-refractivity contribution in [2.75, 3.05) is 6.16 Å². The van der Waals surface area contributed by atoms with Crippen molar-refractivity contribution in [2.45, 2.75) is 5.85 Å². The monoisotopic (exact) mass is 117 g/mol. The van der Waals surface area contributed by atoms with Crippen molar-refractivity contribution in [3.05, 3.63) is 12.2 Å². The van der Waals surface area contributed by atoms with Gasteiger partial charge in [0.2, 0.25) is 0 Å². The van der Waals surface area contributed by atoms with Crippen LogP contribution in [0.4, 0.5) is 0 Å². The molecule has 0 radical (unpaired) electrons. The van der Waals surface area contributed by atoms with E-state index in [4.69, 9.17) is 5.11 Å². The van der Waals surface area contributed by atoms with Gasteiger partial charge in [-0.1, -0.05) is 4.57 Å². The Bertz CT molecular complexity index is 119. The van der Waals surface area contributed by atoms with E-state index < -0.39 is 13.6 Å². The molecule has 3 heteroatoms. The molecule has 1 rings (SSSR count). The second kappa shape index (κ2) is 1.73. The molecule has 1 N–H and O–H groups in total. The molecular weight excluding hydrogens is 111 g/mol. The maximum Gasteiger partial charge on any atom is 0.378 e. The van der Waals surface area contributed by atoms with Crippen molar-refractivity contribution in [1.82, 2.24) is 0 Å². The molecule has 0 aromatic carbocycles. The van der Waals surface area contributed by atoms with Gasteiger partial charge in [0, 0.05) is 0 Å². The van der Waals surface area contributed by atoms with E-state index in [1.807, 2.05) is 0 Å². The lowest BCUT2D eigenvalue weighted by Gasteiger charge is -1.76. The second-order valence-electron chi connectivity index (χ2n) is 1.44. The highest BCUT2D eigenvalue weighted by Gasteiger charge is 2.27. The van der Waals surface area contributed by atoms with Crippen LogP contribution in [0.5, 0.6) is 0 Å². The molecule has 0 saturated carbocycles. The van der Waals surface area contributed by atoms with Gasteiger partial charge in [-0.3, -0.25) is 0 Å². The number of rotatable bonds is 0. The summed E-state index contributed by atoms with van der Waals surface area (Å²) in [6.07, 6.45) is 3.86. The van der Waals surface area contributed by atoms with Crippen molar-refractivity contribution < 1.29 is 9.67 Å². The molecule has 0 spiro atoms. The molecule has 7 heavy (non-hydrogen) atoms. The van der Waals surface area contributed by atoms with E-state index in [0.717, 1.165) is 0 Å². The Morgan fingerprint density at radius 3 is 2.71 bits per heavy atom. The summed E-state index contributed by atoms with van der Waals surface area (Å²) in [7, 11) is -1.33. The zero-order valence-electron chi connectivity index (χ0n) is 3.74. The van der Waals surface area contributed by atoms with Gasteiger partial charge in [-0.2, -0.15) is 0 Å². The van der Waals surface area contributed by atoms with E-state index in [1.54, 1.807) is 12.2 Å². The predicted molar refractivity (Wildman–Crippen MR) is 27.6 cm³/mol. The molecule has 0 aliphatic carbocycles. The van der Waals surface area contributed by atoms with E-state index in [1.165, 1.54) is 0 Å². The van der Waals surface area contributed by atoms with E-state index >= 15 is 0 Å². The van der Waals surface area contributed by atoms with E-state index in [0.29, 0.717) is 6.16 Å². The predicted octanol–water partition coefficient (Wildman–Crippen LogP) is 0.702. The van der Waals surface area contributed by atoms with Crippen LogP contribution in [0.2, 0.25) is 0 Å². The lowest BCUT2D eigenvalue weighted by Crippen LogP contribution is -1.87. The van der Waals surface area contributed by atoms with Gasteiger partial charge in [0.05, 0.1) is 0 Å². The maximum absolute atomic E-state index is 10.4. The molecule has 2 nitrogen and oxygen atoms in total. The highest BCUT2D eigenvalue weighted by atomic mass is 31.1.